The van der Waals surface area contributed by atoms with Crippen LogP contribution in [0.3, 0.4) is 0 Å². The first-order chi connectivity index (χ1) is 11.4. The molecule has 1 heterocycles. The lowest BCUT2D eigenvalue weighted by Gasteiger charge is -2.20. The van der Waals surface area contributed by atoms with Gasteiger partial charge in [-0.3, -0.25) is 9.59 Å². The molecule has 9 heteroatoms. The van der Waals surface area contributed by atoms with Gasteiger partial charge in [-0.25, -0.2) is 13.6 Å². The summed E-state index contributed by atoms with van der Waals surface area (Å²) in [6, 6.07) is 0.649. The van der Waals surface area contributed by atoms with Crippen LogP contribution in [-0.2, 0) is 9.59 Å². The Morgan fingerprint density at radius 1 is 1.25 bits per heavy atom. The minimum atomic E-state index is -1.80. The van der Waals surface area contributed by atoms with Gasteiger partial charge in [-0.2, -0.15) is 0 Å². The molecule has 24 heavy (non-hydrogen) atoms. The molecule has 0 aliphatic carbocycles. The second-order valence-electron chi connectivity index (χ2n) is 5.20. The Labute approximate surface area is 135 Å². The zero-order chi connectivity index (χ0) is 17.9. The number of halogens is 2. The van der Waals surface area contributed by atoms with E-state index in [2.05, 4.69) is 5.32 Å². The molecule has 2 N–H and O–H groups in total. The maximum atomic E-state index is 13.8. The third kappa shape index (κ3) is 3.39. The van der Waals surface area contributed by atoms with Gasteiger partial charge in [-0.15, -0.1) is 0 Å². The molecule has 0 bridgehead atoms. The predicted octanol–water partition coefficient (Wildman–Crippen LogP) is 0.583. The predicted molar refractivity (Wildman–Crippen MR) is 76.4 cm³/mol. The number of benzene rings is 1. The molecule has 1 atom stereocenters. The molecular weight excluding hydrogens is 326 g/mol. The van der Waals surface area contributed by atoms with Crippen LogP contribution in [0.1, 0.15) is 33.6 Å². The van der Waals surface area contributed by atoms with E-state index in [0.29, 0.717) is 37.8 Å². The molecule has 1 aromatic carbocycles. The van der Waals surface area contributed by atoms with E-state index in [1.165, 1.54) is 4.90 Å². The second kappa shape index (κ2) is 7.16. The highest BCUT2D eigenvalue weighted by Gasteiger charge is 2.29. The van der Waals surface area contributed by atoms with E-state index in [4.69, 9.17) is 5.11 Å². The van der Waals surface area contributed by atoms with Crippen molar-refractivity contribution in [2.24, 2.45) is 0 Å². The maximum Gasteiger partial charge on any atom is 0.339 e. The molecule has 0 unspecified atom stereocenters. The summed E-state index contributed by atoms with van der Waals surface area (Å²) in [6.45, 7) is -0.203. The zero-order valence-electron chi connectivity index (χ0n) is 12.4. The summed E-state index contributed by atoms with van der Waals surface area (Å²) in [5.41, 5.74) is -2.09. The van der Waals surface area contributed by atoms with Crippen LogP contribution in [-0.4, -0.2) is 53.2 Å². The molecule has 128 valence electrons. The molecule has 2 rings (SSSR count). The largest absolute Gasteiger partial charge is 0.478 e. The molecule has 1 fully saturated rings. The summed E-state index contributed by atoms with van der Waals surface area (Å²) >= 11 is 0. The van der Waals surface area contributed by atoms with Crippen LogP contribution in [0.2, 0.25) is 0 Å². The number of rotatable bonds is 5. The molecule has 2 amide bonds. The molecule has 1 aliphatic rings. The fraction of sp³-hybridized carbons (Fsp3) is 0.333. The first-order valence-corrected chi connectivity index (χ1v) is 7.11. The van der Waals surface area contributed by atoms with Crippen LogP contribution in [0.15, 0.2) is 12.1 Å². The van der Waals surface area contributed by atoms with Gasteiger partial charge in [0.05, 0.1) is 18.2 Å². The van der Waals surface area contributed by atoms with Gasteiger partial charge in [0.15, 0.2) is 0 Å². The summed E-state index contributed by atoms with van der Waals surface area (Å²) in [7, 11) is 0. The normalized spacial score (nSPS) is 16.8. The smallest absolute Gasteiger partial charge is 0.339 e. The number of hydrogen-bond donors (Lipinski definition) is 2. The number of nitrogens with one attached hydrogen (secondary N) is 1. The first kappa shape index (κ1) is 17.5. The summed E-state index contributed by atoms with van der Waals surface area (Å²) in [6.07, 6.45) is 1.79. The van der Waals surface area contributed by atoms with E-state index >= 15 is 0 Å². The molecule has 1 saturated heterocycles. The lowest BCUT2D eigenvalue weighted by Crippen LogP contribution is -2.43. The van der Waals surface area contributed by atoms with Gasteiger partial charge >= 0.3 is 5.97 Å². The minimum Gasteiger partial charge on any atom is -0.478 e. The highest BCUT2D eigenvalue weighted by Crippen LogP contribution is 2.18. The highest BCUT2D eigenvalue weighted by atomic mass is 19.1. The van der Waals surface area contributed by atoms with Gasteiger partial charge in [0.1, 0.15) is 23.5 Å². The van der Waals surface area contributed by atoms with E-state index in [1.54, 1.807) is 0 Å². The van der Waals surface area contributed by atoms with Crippen molar-refractivity contribution in [3.8, 4) is 0 Å². The van der Waals surface area contributed by atoms with E-state index in [-0.39, 0.29) is 0 Å². The van der Waals surface area contributed by atoms with Crippen LogP contribution < -0.4 is 5.32 Å². The lowest BCUT2D eigenvalue weighted by atomic mass is 10.1. The molecule has 0 radical (unpaired) electrons. The molecule has 0 spiro atoms. The summed E-state index contributed by atoms with van der Waals surface area (Å²) in [5, 5.41) is 11.0. The van der Waals surface area contributed by atoms with Gasteiger partial charge in [0.25, 0.3) is 5.91 Å². The van der Waals surface area contributed by atoms with Crippen molar-refractivity contribution < 1.29 is 33.1 Å². The van der Waals surface area contributed by atoms with E-state index in [0.717, 1.165) is 0 Å². The number of carboxylic acid groups (broad SMARTS) is 1. The number of hydrogen-bond acceptors (Lipinski definition) is 4. The Morgan fingerprint density at radius 3 is 2.46 bits per heavy atom. The quantitative estimate of drug-likeness (QED) is 0.763. The van der Waals surface area contributed by atoms with Gasteiger partial charge in [0.2, 0.25) is 5.91 Å². The van der Waals surface area contributed by atoms with Gasteiger partial charge in [0, 0.05) is 6.54 Å². The molecule has 7 nitrogen and oxygen atoms in total. The second-order valence-corrected chi connectivity index (χ2v) is 5.20. The molecule has 1 aromatic rings. The van der Waals surface area contributed by atoms with E-state index in [1.807, 2.05) is 0 Å². The van der Waals surface area contributed by atoms with Crippen molar-refractivity contribution in [1.82, 2.24) is 10.2 Å². The average Bonchev–Trinajstić information content (AvgIpc) is 3.02. The number of amides is 2. The number of likely N-dealkylation sites (tertiary alicyclic amines) is 1. The molecule has 0 saturated carbocycles. The monoisotopic (exact) mass is 340 g/mol. The Balaban J connectivity index is 2.13. The van der Waals surface area contributed by atoms with Gasteiger partial charge in [-0.05, 0) is 25.0 Å². The SMILES string of the molecule is O=C[C@@H]1CCCN1C(=O)CNC(=O)c1c(F)ccc(F)c1C(=O)O. The number of carbonyl (C=O) groups excluding carboxylic acids is 3. The van der Waals surface area contributed by atoms with Crippen LogP contribution in [0.5, 0.6) is 0 Å². The highest BCUT2D eigenvalue weighted by molar-refractivity contribution is 6.06. The summed E-state index contributed by atoms with van der Waals surface area (Å²) in [4.78, 5) is 47.1. The number of nitrogens with zero attached hydrogens (tertiary/aromatic N) is 1. The third-order valence-electron chi connectivity index (χ3n) is 3.72. The Hall–Kier alpha value is -2.84. The fourth-order valence-electron chi connectivity index (χ4n) is 2.57. The standard InChI is InChI=1S/C15H14F2N2O5/c16-9-3-4-10(17)13(15(23)24)12(9)14(22)18-6-11(21)19-5-1-2-8(19)7-20/h3-4,7-8H,1-2,5-6H2,(H,18,22)(H,23,24)/t8-/m0/s1. The van der Waals surface area contributed by atoms with Crippen LogP contribution >= 0.6 is 0 Å². The van der Waals surface area contributed by atoms with E-state index < -0.39 is 53.1 Å². The molecule has 1 aliphatic heterocycles. The van der Waals surface area contributed by atoms with Crippen molar-refractivity contribution in [1.29, 1.82) is 0 Å². The number of aromatic carboxylic acids is 1. The maximum absolute atomic E-state index is 13.8. The molecular formula is C15H14F2N2O5. The van der Waals surface area contributed by atoms with Crippen molar-refractivity contribution in [3.05, 3.63) is 34.9 Å². The summed E-state index contributed by atoms with van der Waals surface area (Å²) < 4.78 is 27.3. The third-order valence-corrected chi connectivity index (χ3v) is 3.72. The lowest BCUT2D eigenvalue weighted by molar-refractivity contribution is -0.133. The topological polar surface area (TPSA) is 104 Å². The Morgan fingerprint density at radius 2 is 1.88 bits per heavy atom. The first-order valence-electron chi connectivity index (χ1n) is 7.11. The number of aldehydes is 1. The zero-order valence-corrected chi connectivity index (χ0v) is 12.4. The van der Waals surface area contributed by atoms with Crippen molar-refractivity contribution >= 4 is 24.1 Å². The number of carboxylic acids is 1. The van der Waals surface area contributed by atoms with Crippen molar-refractivity contribution in [2.45, 2.75) is 18.9 Å². The van der Waals surface area contributed by atoms with Gasteiger partial charge in [-0.1, -0.05) is 0 Å². The summed E-state index contributed by atoms with van der Waals surface area (Å²) in [5.74, 6) is -6.07. The van der Waals surface area contributed by atoms with Crippen LogP contribution in [0.25, 0.3) is 0 Å². The van der Waals surface area contributed by atoms with Crippen LogP contribution in [0.4, 0.5) is 8.78 Å². The van der Waals surface area contributed by atoms with Crippen LogP contribution in [0, 0.1) is 11.6 Å². The van der Waals surface area contributed by atoms with E-state index in [9.17, 15) is 28.0 Å². The Kier molecular flexibility index (Phi) is 5.22. The number of carbonyl (C=O) groups is 4. The average molecular weight is 340 g/mol. The minimum absolute atomic E-state index is 0.354. The molecule has 0 aromatic heterocycles. The van der Waals surface area contributed by atoms with Gasteiger partial charge < -0.3 is 20.1 Å². The van der Waals surface area contributed by atoms with Crippen molar-refractivity contribution in [3.63, 3.8) is 0 Å². The fourth-order valence-corrected chi connectivity index (χ4v) is 2.57. The Bertz CT molecular complexity index is 707. The van der Waals surface area contributed by atoms with Crippen molar-refractivity contribution in [2.75, 3.05) is 13.1 Å².